The van der Waals surface area contributed by atoms with Crippen LogP contribution in [0.25, 0.3) is 0 Å². The molecule has 2 bridgehead atoms. The van der Waals surface area contributed by atoms with Crippen LogP contribution in [-0.2, 0) is 4.74 Å². The molecule has 3 saturated heterocycles. The molecule has 0 unspecified atom stereocenters. The molecule has 138 valence electrons. The number of thiophene rings is 1. The number of rotatable bonds is 5. The average molecular weight is 374 g/mol. The summed E-state index contributed by atoms with van der Waals surface area (Å²) in [5.41, 5.74) is 0.357. The van der Waals surface area contributed by atoms with Gasteiger partial charge in [0.2, 0.25) is 0 Å². The highest BCUT2D eigenvalue weighted by Crippen LogP contribution is 2.54. The summed E-state index contributed by atoms with van der Waals surface area (Å²) in [4.78, 5) is 14.0. The van der Waals surface area contributed by atoms with E-state index >= 15 is 0 Å². The summed E-state index contributed by atoms with van der Waals surface area (Å²) in [5.74, 6) is 0.305. The molecule has 0 aromatic carbocycles. The van der Waals surface area contributed by atoms with Crippen molar-refractivity contribution in [3.8, 4) is 0 Å². The maximum atomic E-state index is 12.5. The Morgan fingerprint density at radius 1 is 1.48 bits per heavy atom. The van der Waals surface area contributed by atoms with Crippen LogP contribution in [0.4, 0.5) is 13.2 Å². The molecule has 1 N–H and O–H groups in total. The fourth-order valence-corrected chi connectivity index (χ4v) is 5.36. The number of likely N-dealkylation sites (tertiary alicyclic amines) is 1. The molecule has 4 rings (SSSR count). The minimum Gasteiger partial charge on any atom is -0.370 e. The van der Waals surface area contributed by atoms with Crippen molar-refractivity contribution in [2.24, 2.45) is 11.8 Å². The zero-order valence-electron chi connectivity index (χ0n) is 13.7. The van der Waals surface area contributed by atoms with E-state index in [4.69, 9.17) is 4.74 Å². The van der Waals surface area contributed by atoms with E-state index in [0.29, 0.717) is 25.2 Å². The van der Waals surface area contributed by atoms with E-state index in [1.807, 2.05) is 15.7 Å². The van der Waals surface area contributed by atoms with Gasteiger partial charge in [-0.1, -0.05) is 0 Å². The highest BCUT2D eigenvalue weighted by atomic mass is 32.1. The molecule has 3 aliphatic heterocycles. The van der Waals surface area contributed by atoms with Crippen molar-refractivity contribution < 1.29 is 22.7 Å². The molecule has 1 aromatic heterocycles. The maximum absolute atomic E-state index is 12.5. The Morgan fingerprint density at radius 2 is 2.32 bits per heavy atom. The van der Waals surface area contributed by atoms with E-state index < -0.39 is 12.6 Å². The lowest BCUT2D eigenvalue weighted by atomic mass is 9.73. The smallest absolute Gasteiger partial charge is 0.370 e. The van der Waals surface area contributed by atoms with Crippen LogP contribution in [0.15, 0.2) is 16.8 Å². The second-order valence-electron chi connectivity index (χ2n) is 7.35. The molecule has 25 heavy (non-hydrogen) atoms. The largest absolute Gasteiger partial charge is 0.390 e. The first-order valence-electron chi connectivity index (χ1n) is 8.64. The average Bonchev–Trinajstić information content (AvgIpc) is 3.29. The van der Waals surface area contributed by atoms with Crippen LogP contribution in [0.1, 0.15) is 29.6 Å². The van der Waals surface area contributed by atoms with E-state index in [1.54, 1.807) is 6.07 Å². The summed E-state index contributed by atoms with van der Waals surface area (Å²) in [6.07, 6.45) is -2.93. The van der Waals surface area contributed by atoms with Gasteiger partial charge in [-0.3, -0.25) is 9.69 Å². The van der Waals surface area contributed by atoms with Crippen molar-refractivity contribution >= 4 is 17.2 Å². The first kappa shape index (κ1) is 17.3. The number of nitrogens with zero attached hydrogens (tertiary/aromatic N) is 1. The van der Waals surface area contributed by atoms with Gasteiger partial charge in [0.15, 0.2) is 0 Å². The van der Waals surface area contributed by atoms with Gasteiger partial charge in [-0.05, 0) is 24.3 Å². The third-order valence-electron chi connectivity index (χ3n) is 5.85. The second kappa shape index (κ2) is 6.25. The van der Waals surface area contributed by atoms with Gasteiger partial charge in [0.1, 0.15) is 0 Å². The van der Waals surface area contributed by atoms with Gasteiger partial charge in [0.25, 0.3) is 5.91 Å². The lowest BCUT2D eigenvalue weighted by Crippen LogP contribution is -2.41. The Labute approximate surface area is 148 Å². The highest BCUT2D eigenvalue weighted by Gasteiger charge is 2.62. The lowest BCUT2D eigenvalue weighted by Gasteiger charge is -2.29. The standard InChI is InChI=1S/C17H21F3N2O2S/c18-17(19,20)4-5-22-8-13-12(14-1-3-16(13,10-22)24-14)7-21-15(23)11-2-6-25-9-11/h2,6,9,12-14H,1,3-5,7-8,10H2,(H,21,23)/t12-,13+,14+,16+/m0/s1. The van der Waals surface area contributed by atoms with E-state index in [2.05, 4.69) is 5.32 Å². The third-order valence-corrected chi connectivity index (χ3v) is 6.53. The summed E-state index contributed by atoms with van der Waals surface area (Å²) < 4.78 is 43.7. The molecule has 3 fully saturated rings. The van der Waals surface area contributed by atoms with Crippen LogP contribution >= 0.6 is 11.3 Å². The number of carbonyl (C=O) groups excluding carboxylic acids is 1. The summed E-state index contributed by atoms with van der Waals surface area (Å²) in [7, 11) is 0. The molecular weight excluding hydrogens is 353 g/mol. The molecule has 0 radical (unpaired) electrons. The highest BCUT2D eigenvalue weighted by molar-refractivity contribution is 7.08. The van der Waals surface area contributed by atoms with Crippen LogP contribution in [0, 0.1) is 11.8 Å². The number of hydrogen-bond acceptors (Lipinski definition) is 4. The topological polar surface area (TPSA) is 41.6 Å². The number of fused-ring (bicyclic) bond motifs is 1. The van der Waals surface area contributed by atoms with Crippen molar-refractivity contribution in [1.29, 1.82) is 0 Å². The Morgan fingerprint density at radius 3 is 3.04 bits per heavy atom. The van der Waals surface area contributed by atoms with Gasteiger partial charge < -0.3 is 10.1 Å². The van der Waals surface area contributed by atoms with Gasteiger partial charge in [0, 0.05) is 49.0 Å². The predicted molar refractivity (Wildman–Crippen MR) is 87.6 cm³/mol. The van der Waals surface area contributed by atoms with Crippen LogP contribution in [0.3, 0.4) is 0 Å². The van der Waals surface area contributed by atoms with Gasteiger partial charge in [0.05, 0.1) is 18.1 Å². The number of carbonyl (C=O) groups is 1. The minimum atomic E-state index is -4.12. The number of alkyl halides is 3. The maximum Gasteiger partial charge on any atom is 0.390 e. The second-order valence-corrected chi connectivity index (χ2v) is 8.13. The van der Waals surface area contributed by atoms with E-state index in [9.17, 15) is 18.0 Å². The van der Waals surface area contributed by atoms with Gasteiger partial charge in [-0.2, -0.15) is 24.5 Å². The molecule has 1 aromatic rings. The fourth-order valence-electron chi connectivity index (χ4n) is 4.72. The van der Waals surface area contributed by atoms with Crippen LogP contribution in [-0.4, -0.2) is 54.9 Å². The van der Waals surface area contributed by atoms with E-state index in [1.165, 1.54) is 11.3 Å². The minimum absolute atomic E-state index is 0.0315. The fraction of sp³-hybridized carbons (Fsp3) is 0.706. The summed E-state index contributed by atoms with van der Waals surface area (Å²) in [6.45, 7) is 1.77. The van der Waals surface area contributed by atoms with Crippen molar-refractivity contribution in [1.82, 2.24) is 10.2 Å². The molecular formula is C17H21F3N2O2S. The Bertz CT molecular complexity index is 636. The number of halogens is 3. The van der Waals surface area contributed by atoms with Gasteiger partial charge in [-0.15, -0.1) is 0 Å². The first-order chi connectivity index (χ1) is 11.9. The zero-order valence-corrected chi connectivity index (χ0v) is 14.5. The monoisotopic (exact) mass is 374 g/mol. The quantitative estimate of drug-likeness (QED) is 0.862. The molecule has 4 atom stereocenters. The number of nitrogens with one attached hydrogen (secondary N) is 1. The Hall–Kier alpha value is -1.12. The number of ether oxygens (including phenoxy) is 1. The first-order valence-corrected chi connectivity index (χ1v) is 9.58. The van der Waals surface area contributed by atoms with Crippen molar-refractivity contribution in [2.75, 3.05) is 26.2 Å². The molecule has 4 heterocycles. The van der Waals surface area contributed by atoms with Gasteiger partial charge in [-0.25, -0.2) is 0 Å². The third kappa shape index (κ3) is 3.31. The Balaban J connectivity index is 1.37. The lowest BCUT2D eigenvalue weighted by molar-refractivity contribution is -0.138. The molecule has 1 spiro atoms. The predicted octanol–water partition coefficient (Wildman–Crippen LogP) is 2.91. The molecule has 1 amide bonds. The molecule has 8 heteroatoms. The Kier molecular flexibility index (Phi) is 4.32. The van der Waals surface area contributed by atoms with Gasteiger partial charge >= 0.3 is 6.18 Å². The molecule has 0 saturated carbocycles. The van der Waals surface area contributed by atoms with E-state index in [0.717, 1.165) is 12.8 Å². The van der Waals surface area contributed by atoms with Crippen molar-refractivity contribution in [2.45, 2.75) is 37.1 Å². The summed E-state index contributed by atoms with van der Waals surface area (Å²) in [6, 6.07) is 1.78. The van der Waals surface area contributed by atoms with E-state index in [-0.39, 0.29) is 36.0 Å². The summed E-state index contributed by atoms with van der Waals surface area (Å²) in [5, 5.41) is 6.65. The normalized spacial score (nSPS) is 34.4. The van der Waals surface area contributed by atoms with Crippen LogP contribution in [0.2, 0.25) is 0 Å². The van der Waals surface area contributed by atoms with Crippen molar-refractivity contribution in [3.63, 3.8) is 0 Å². The van der Waals surface area contributed by atoms with Crippen LogP contribution in [0.5, 0.6) is 0 Å². The molecule has 4 nitrogen and oxygen atoms in total. The van der Waals surface area contributed by atoms with Crippen molar-refractivity contribution in [3.05, 3.63) is 22.4 Å². The zero-order chi connectivity index (χ0) is 17.7. The summed E-state index contributed by atoms with van der Waals surface area (Å²) >= 11 is 1.48. The molecule has 0 aliphatic carbocycles. The molecule has 3 aliphatic rings. The SMILES string of the molecule is O=C(NC[C@H]1[C@H]2CN(CCC(F)(F)F)C[C@]23CC[C@H]1O3)c1ccsc1. The van der Waals surface area contributed by atoms with Crippen LogP contribution < -0.4 is 5.32 Å². The number of amides is 1. The number of hydrogen-bond donors (Lipinski definition) is 1.